The smallest absolute Gasteiger partial charge is 0.337 e. The molecular weight excluding hydrogens is 538 g/mol. The largest absolute Gasteiger partial charge is 0.492 e. The molecule has 0 unspecified atom stereocenters. The fourth-order valence-electron chi connectivity index (χ4n) is 4.90. The van der Waals surface area contributed by atoms with Crippen molar-refractivity contribution in [1.82, 2.24) is 25.1 Å². The Morgan fingerprint density at radius 1 is 1.17 bits per heavy atom. The van der Waals surface area contributed by atoms with Crippen molar-refractivity contribution in [2.45, 2.75) is 63.5 Å². The maximum Gasteiger partial charge on any atom is 0.337 e. The van der Waals surface area contributed by atoms with E-state index in [1.54, 1.807) is 30.2 Å². The topological polar surface area (TPSA) is 129 Å². The molecule has 0 spiro atoms. The molecule has 11 heteroatoms. The Hall–Kier alpha value is -3.86. The number of H-pyrrole nitrogens is 1. The van der Waals surface area contributed by atoms with Crippen LogP contribution in [-0.2, 0) is 0 Å². The van der Waals surface area contributed by atoms with Gasteiger partial charge >= 0.3 is 5.97 Å². The number of aromatic amines is 1. The number of hydrogen-bond acceptors (Lipinski definition) is 9. The van der Waals surface area contributed by atoms with Crippen LogP contribution in [0.5, 0.6) is 5.75 Å². The van der Waals surface area contributed by atoms with E-state index in [0.29, 0.717) is 12.5 Å². The number of fused-ring (bicyclic) bond motifs is 1. The third kappa shape index (κ3) is 6.90. The number of carboxylic acid groups (broad SMARTS) is 1. The molecule has 0 aliphatic carbocycles. The molecule has 0 atom stereocenters. The fraction of sp³-hybridized carbons (Fsp3) is 0.433. The number of hydrogen-bond donors (Lipinski definition) is 3. The predicted molar refractivity (Wildman–Crippen MR) is 163 cm³/mol. The minimum atomic E-state index is -0.956. The summed E-state index contributed by atoms with van der Waals surface area (Å²) >= 11 is 1.77. The molecule has 0 radical (unpaired) electrons. The molecule has 1 aliphatic rings. The van der Waals surface area contributed by atoms with Crippen molar-refractivity contribution in [3.8, 4) is 5.75 Å². The van der Waals surface area contributed by atoms with E-state index >= 15 is 0 Å². The van der Waals surface area contributed by atoms with Crippen LogP contribution in [0.2, 0.25) is 0 Å². The SMILES string of the molecule is Cc1n[nH]c(Nc2ncnc3cc(OCCC4CCN(c5ccc(C(=O)O)cn5)CC4)c(SC(C)(C)C)cc23)c1C. The zero-order chi connectivity index (χ0) is 29.1. The van der Waals surface area contributed by atoms with Gasteiger partial charge in [0.2, 0.25) is 0 Å². The van der Waals surface area contributed by atoms with Crippen LogP contribution in [0.15, 0.2) is 41.7 Å². The number of pyridine rings is 1. The fourth-order valence-corrected chi connectivity index (χ4v) is 5.96. The summed E-state index contributed by atoms with van der Waals surface area (Å²) in [4.78, 5) is 27.8. The first-order valence-corrected chi connectivity index (χ1v) is 14.7. The molecule has 0 saturated carbocycles. The van der Waals surface area contributed by atoms with Crippen LogP contribution in [-0.4, -0.2) is 60.7 Å². The molecule has 1 aromatic carbocycles. The molecule has 0 amide bonds. The van der Waals surface area contributed by atoms with Gasteiger partial charge in [-0.25, -0.2) is 19.7 Å². The van der Waals surface area contributed by atoms with E-state index in [1.165, 1.54) is 6.20 Å². The first-order chi connectivity index (χ1) is 19.6. The highest BCUT2D eigenvalue weighted by Crippen LogP contribution is 2.41. The molecule has 216 valence electrons. The first kappa shape index (κ1) is 28.7. The molecule has 4 heterocycles. The van der Waals surface area contributed by atoms with E-state index in [1.807, 2.05) is 19.9 Å². The lowest BCUT2D eigenvalue weighted by Crippen LogP contribution is -2.34. The van der Waals surface area contributed by atoms with Crippen LogP contribution in [0, 0.1) is 19.8 Å². The van der Waals surface area contributed by atoms with Crippen LogP contribution >= 0.6 is 11.8 Å². The van der Waals surface area contributed by atoms with Crippen LogP contribution in [0.3, 0.4) is 0 Å². The van der Waals surface area contributed by atoms with Crippen molar-refractivity contribution in [2.75, 3.05) is 29.9 Å². The van der Waals surface area contributed by atoms with Crippen molar-refractivity contribution in [3.63, 3.8) is 0 Å². The number of nitrogens with zero attached hydrogens (tertiary/aromatic N) is 5. The number of nitrogens with one attached hydrogen (secondary N) is 2. The van der Waals surface area contributed by atoms with Crippen molar-refractivity contribution in [3.05, 3.63) is 53.6 Å². The van der Waals surface area contributed by atoms with Gasteiger partial charge in [-0.2, -0.15) is 5.10 Å². The molecule has 5 rings (SSSR count). The zero-order valence-corrected chi connectivity index (χ0v) is 25.0. The van der Waals surface area contributed by atoms with Gasteiger partial charge in [0, 0.05) is 41.0 Å². The third-order valence-corrected chi connectivity index (χ3v) is 8.48. The molecular formula is C30H37N7O3S. The highest BCUT2D eigenvalue weighted by atomic mass is 32.2. The Morgan fingerprint density at radius 2 is 1.95 bits per heavy atom. The van der Waals surface area contributed by atoms with Crippen LogP contribution in [0.4, 0.5) is 17.5 Å². The van der Waals surface area contributed by atoms with Crippen LogP contribution in [0.1, 0.15) is 61.6 Å². The maximum atomic E-state index is 11.1. The normalized spacial score (nSPS) is 14.4. The molecule has 1 aliphatic heterocycles. The number of thioether (sulfide) groups is 1. The summed E-state index contributed by atoms with van der Waals surface area (Å²) in [7, 11) is 0. The number of aromatic carboxylic acids is 1. The maximum absolute atomic E-state index is 11.1. The lowest BCUT2D eigenvalue weighted by atomic mass is 9.94. The third-order valence-electron chi connectivity index (χ3n) is 7.33. The van der Waals surface area contributed by atoms with Crippen molar-refractivity contribution >= 4 is 46.1 Å². The van der Waals surface area contributed by atoms with E-state index in [-0.39, 0.29) is 10.3 Å². The van der Waals surface area contributed by atoms with E-state index in [2.05, 4.69) is 62.2 Å². The van der Waals surface area contributed by atoms with Crippen molar-refractivity contribution in [2.24, 2.45) is 5.92 Å². The minimum absolute atomic E-state index is 0.00434. The van der Waals surface area contributed by atoms with Gasteiger partial charge in [-0.3, -0.25) is 5.10 Å². The van der Waals surface area contributed by atoms with Gasteiger partial charge in [0.1, 0.15) is 29.5 Å². The highest BCUT2D eigenvalue weighted by molar-refractivity contribution is 8.00. The number of carboxylic acids is 1. The molecule has 1 fully saturated rings. The summed E-state index contributed by atoms with van der Waals surface area (Å²) in [6.45, 7) is 13.0. The summed E-state index contributed by atoms with van der Waals surface area (Å²) in [6, 6.07) is 7.56. The second kappa shape index (κ2) is 11.9. The minimum Gasteiger partial charge on any atom is -0.492 e. The van der Waals surface area contributed by atoms with Gasteiger partial charge in [-0.05, 0) is 57.2 Å². The van der Waals surface area contributed by atoms with E-state index in [9.17, 15) is 4.79 Å². The molecule has 0 bridgehead atoms. The number of aromatic nitrogens is 5. The number of anilines is 3. The Morgan fingerprint density at radius 3 is 2.59 bits per heavy atom. The van der Waals surface area contributed by atoms with Gasteiger partial charge in [0.05, 0.1) is 28.3 Å². The van der Waals surface area contributed by atoms with E-state index < -0.39 is 5.97 Å². The summed E-state index contributed by atoms with van der Waals surface area (Å²) < 4.78 is 6.42. The summed E-state index contributed by atoms with van der Waals surface area (Å²) in [5.74, 6) is 2.83. The summed E-state index contributed by atoms with van der Waals surface area (Å²) in [6.07, 6.45) is 6.05. The predicted octanol–water partition coefficient (Wildman–Crippen LogP) is 6.38. The number of piperidine rings is 1. The monoisotopic (exact) mass is 575 g/mol. The average molecular weight is 576 g/mol. The zero-order valence-electron chi connectivity index (χ0n) is 24.2. The second-order valence-electron chi connectivity index (χ2n) is 11.5. The van der Waals surface area contributed by atoms with Gasteiger partial charge in [-0.15, -0.1) is 11.8 Å². The Kier molecular flexibility index (Phi) is 8.35. The number of ether oxygens (including phenoxy) is 1. The lowest BCUT2D eigenvalue weighted by Gasteiger charge is -2.32. The van der Waals surface area contributed by atoms with Crippen LogP contribution in [0.25, 0.3) is 10.9 Å². The number of aryl methyl sites for hydroxylation is 1. The molecule has 10 nitrogen and oxygen atoms in total. The van der Waals surface area contributed by atoms with Gasteiger partial charge in [0.25, 0.3) is 0 Å². The molecule has 1 saturated heterocycles. The first-order valence-electron chi connectivity index (χ1n) is 13.9. The standard InChI is InChI=1S/C30H37N7O3S/c1-18-19(2)35-36-27(18)34-28-22-14-25(41-30(3,4)5)24(15-23(22)32-17-33-28)40-13-10-20-8-11-37(12-9-20)26-7-6-21(16-31-26)29(38)39/h6-7,14-17,20H,8-13H2,1-5H3,(H,38,39)(H2,32,33,34,35,36). The van der Waals surface area contributed by atoms with E-state index in [0.717, 1.165) is 82.6 Å². The van der Waals surface area contributed by atoms with Gasteiger partial charge in [0.15, 0.2) is 0 Å². The summed E-state index contributed by atoms with van der Waals surface area (Å²) in [5.41, 5.74) is 3.03. The number of rotatable bonds is 9. The molecule has 4 aromatic rings. The summed E-state index contributed by atoms with van der Waals surface area (Å²) in [5, 5.41) is 20.8. The Labute approximate surface area is 244 Å². The highest BCUT2D eigenvalue weighted by Gasteiger charge is 2.22. The van der Waals surface area contributed by atoms with Crippen molar-refractivity contribution < 1.29 is 14.6 Å². The molecule has 3 N–H and O–H groups in total. The molecule has 41 heavy (non-hydrogen) atoms. The van der Waals surface area contributed by atoms with Crippen molar-refractivity contribution in [1.29, 1.82) is 0 Å². The second-order valence-corrected chi connectivity index (χ2v) is 13.3. The lowest BCUT2D eigenvalue weighted by molar-refractivity contribution is 0.0696. The Bertz CT molecular complexity index is 1520. The number of carbonyl (C=O) groups is 1. The van der Waals surface area contributed by atoms with Crippen LogP contribution < -0.4 is 15.0 Å². The number of benzene rings is 1. The average Bonchev–Trinajstić information content (AvgIpc) is 3.25. The molecule has 3 aromatic heterocycles. The van der Waals surface area contributed by atoms with Gasteiger partial charge < -0.3 is 20.1 Å². The Balaban J connectivity index is 1.26. The van der Waals surface area contributed by atoms with Gasteiger partial charge in [-0.1, -0.05) is 20.8 Å². The quantitative estimate of drug-likeness (QED) is 0.193. The van der Waals surface area contributed by atoms with E-state index in [4.69, 9.17) is 9.84 Å².